The Hall–Kier alpha value is -2.67. The van der Waals surface area contributed by atoms with E-state index < -0.39 is 5.41 Å². The van der Waals surface area contributed by atoms with E-state index in [9.17, 15) is 4.39 Å². The van der Waals surface area contributed by atoms with Gasteiger partial charge in [-0.1, -0.05) is 75.1 Å². The molecular weight excluding hydrogens is 331 g/mol. The van der Waals surface area contributed by atoms with E-state index in [1.807, 2.05) is 6.07 Å². The normalized spacial score (nSPS) is 18.0. The SMILES string of the molecule is C=C1c2cccc(F)c2C(C)(C)c2cccc(/C(=C\C)C3=CC=CCC3)c21. The lowest BCUT2D eigenvalue weighted by Crippen LogP contribution is -2.28. The van der Waals surface area contributed by atoms with Crippen molar-refractivity contribution in [1.82, 2.24) is 0 Å². The third-order valence-corrected chi connectivity index (χ3v) is 5.94. The zero-order valence-electron chi connectivity index (χ0n) is 16.3. The van der Waals surface area contributed by atoms with E-state index in [2.05, 4.69) is 69.9 Å². The van der Waals surface area contributed by atoms with Crippen LogP contribution in [-0.4, -0.2) is 0 Å². The van der Waals surface area contributed by atoms with Gasteiger partial charge in [0.2, 0.25) is 0 Å². The Kier molecular flexibility index (Phi) is 4.26. The minimum atomic E-state index is -0.410. The molecule has 0 saturated heterocycles. The highest BCUT2D eigenvalue weighted by Crippen LogP contribution is 2.49. The van der Waals surface area contributed by atoms with Crippen LogP contribution in [0.25, 0.3) is 11.1 Å². The molecule has 4 rings (SSSR count). The highest BCUT2D eigenvalue weighted by Gasteiger charge is 2.37. The molecule has 0 unspecified atom stereocenters. The summed E-state index contributed by atoms with van der Waals surface area (Å²) in [4.78, 5) is 0. The van der Waals surface area contributed by atoms with E-state index >= 15 is 0 Å². The van der Waals surface area contributed by atoms with Gasteiger partial charge in [0, 0.05) is 11.0 Å². The second kappa shape index (κ2) is 6.49. The van der Waals surface area contributed by atoms with Gasteiger partial charge in [0.15, 0.2) is 0 Å². The van der Waals surface area contributed by atoms with Crippen molar-refractivity contribution >= 4 is 11.1 Å². The van der Waals surface area contributed by atoms with Gasteiger partial charge in [0.1, 0.15) is 5.82 Å². The van der Waals surface area contributed by atoms with Crippen LogP contribution in [0.4, 0.5) is 4.39 Å². The molecular formula is C26H25F. The lowest BCUT2D eigenvalue weighted by Gasteiger charge is -2.38. The quantitative estimate of drug-likeness (QED) is 0.533. The molecule has 27 heavy (non-hydrogen) atoms. The monoisotopic (exact) mass is 356 g/mol. The fourth-order valence-electron chi connectivity index (χ4n) is 4.64. The molecule has 0 spiro atoms. The van der Waals surface area contributed by atoms with Gasteiger partial charge < -0.3 is 0 Å². The standard InChI is InChI=1S/C26H25F/c1-5-19(18-11-7-6-8-12-18)21-14-9-15-22-24(21)17(2)20-13-10-16-23(27)25(20)26(22,3)4/h5-7,9-11,13-16H,2,8,12H2,1,3-4H3/b19-5-. The van der Waals surface area contributed by atoms with Crippen molar-refractivity contribution in [3.8, 4) is 0 Å². The molecule has 0 atom stereocenters. The zero-order chi connectivity index (χ0) is 19.2. The van der Waals surface area contributed by atoms with E-state index in [-0.39, 0.29) is 5.82 Å². The number of hydrogen-bond donors (Lipinski definition) is 0. The van der Waals surface area contributed by atoms with Gasteiger partial charge in [-0.3, -0.25) is 0 Å². The first-order valence-electron chi connectivity index (χ1n) is 9.61. The van der Waals surface area contributed by atoms with Crippen molar-refractivity contribution in [2.45, 2.75) is 39.0 Å². The molecule has 2 aromatic rings. The van der Waals surface area contributed by atoms with Crippen LogP contribution in [0.2, 0.25) is 0 Å². The molecule has 0 aromatic heterocycles. The highest BCUT2D eigenvalue weighted by molar-refractivity contribution is 5.95. The van der Waals surface area contributed by atoms with Crippen molar-refractivity contribution in [2.75, 3.05) is 0 Å². The molecule has 0 aliphatic heterocycles. The number of hydrogen-bond acceptors (Lipinski definition) is 0. The lowest BCUT2D eigenvalue weighted by molar-refractivity contribution is 0.542. The van der Waals surface area contributed by atoms with E-state index in [4.69, 9.17) is 0 Å². The summed E-state index contributed by atoms with van der Waals surface area (Å²) < 4.78 is 14.8. The molecule has 2 aromatic carbocycles. The van der Waals surface area contributed by atoms with E-state index in [0.717, 1.165) is 40.7 Å². The fourth-order valence-corrected chi connectivity index (χ4v) is 4.64. The van der Waals surface area contributed by atoms with E-state index in [1.54, 1.807) is 12.1 Å². The Balaban J connectivity index is 1.99. The number of benzene rings is 2. The first kappa shape index (κ1) is 17.7. The average Bonchev–Trinajstić information content (AvgIpc) is 2.67. The summed E-state index contributed by atoms with van der Waals surface area (Å²) in [6.07, 6.45) is 10.9. The molecule has 0 saturated carbocycles. The number of rotatable bonds is 2. The fraction of sp³-hybridized carbons (Fsp3) is 0.231. The molecule has 0 fully saturated rings. The topological polar surface area (TPSA) is 0 Å². The van der Waals surface area contributed by atoms with Crippen molar-refractivity contribution in [3.63, 3.8) is 0 Å². The van der Waals surface area contributed by atoms with Gasteiger partial charge >= 0.3 is 0 Å². The lowest BCUT2D eigenvalue weighted by atomic mass is 9.65. The molecule has 0 amide bonds. The molecule has 136 valence electrons. The van der Waals surface area contributed by atoms with Gasteiger partial charge in [0.25, 0.3) is 0 Å². The molecule has 0 radical (unpaired) electrons. The third kappa shape index (κ3) is 2.65. The van der Waals surface area contributed by atoms with Crippen LogP contribution in [0.3, 0.4) is 0 Å². The van der Waals surface area contributed by atoms with Crippen LogP contribution < -0.4 is 0 Å². The van der Waals surface area contributed by atoms with Gasteiger partial charge in [0.05, 0.1) is 0 Å². The summed E-state index contributed by atoms with van der Waals surface area (Å²) >= 11 is 0. The Morgan fingerprint density at radius 2 is 1.93 bits per heavy atom. The average molecular weight is 356 g/mol. The zero-order valence-corrected chi connectivity index (χ0v) is 16.3. The highest BCUT2D eigenvalue weighted by atomic mass is 19.1. The first-order valence-corrected chi connectivity index (χ1v) is 9.61. The van der Waals surface area contributed by atoms with Crippen LogP contribution in [0, 0.1) is 5.82 Å². The maximum atomic E-state index is 14.8. The van der Waals surface area contributed by atoms with Crippen molar-refractivity contribution in [2.24, 2.45) is 0 Å². The summed E-state index contributed by atoms with van der Waals surface area (Å²) in [6.45, 7) is 10.7. The Labute approximate surface area is 161 Å². The predicted molar refractivity (Wildman–Crippen MR) is 113 cm³/mol. The smallest absolute Gasteiger partial charge is 0.127 e. The maximum absolute atomic E-state index is 14.8. The molecule has 0 nitrogen and oxygen atoms in total. The van der Waals surface area contributed by atoms with Gasteiger partial charge in [-0.15, -0.1) is 0 Å². The minimum absolute atomic E-state index is 0.152. The summed E-state index contributed by atoms with van der Waals surface area (Å²) in [6, 6.07) is 11.7. The summed E-state index contributed by atoms with van der Waals surface area (Å²) in [5, 5.41) is 0. The maximum Gasteiger partial charge on any atom is 0.127 e. The van der Waals surface area contributed by atoms with Gasteiger partial charge in [-0.25, -0.2) is 4.39 Å². The summed E-state index contributed by atoms with van der Waals surface area (Å²) in [5.41, 5.74) is 8.29. The van der Waals surface area contributed by atoms with Crippen molar-refractivity contribution in [3.05, 3.63) is 106 Å². The number of allylic oxidation sites excluding steroid dienone is 6. The summed E-state index contributed by atoms with van der Waals surface area (Å²) in [7, 11) is 0. The molecule has 0 heterocycles. The second-order valence-electron chi connectivity index (χ2n) is 7.86. The van der Waals surface area contributed by atoms with Gasteiger partial charge in [-0.05, 0) is 64.8 Å². The third-order valence-electron chi connectivity index (χ3n) is 5.94. The van der Waals surface area contributed by atoms with Crippen molar-refractivity contribution in [1.29, 1.82) is 0 Å². The molecule has 1 heteroatoms. The largest absolute Gasteiger partial charge is 0.207 e. The van der Waals surface area contributed by atoms with Crippen LogP contribution in [-0.2, 0) is 5.41 Å². The summed E-state index contributed by atoms with van der Waals surface area (Å²) in [5.74, 6) is -0.152. The predicted octanol–water partition coefficient (Wildman–Crippen LogP) is 7.21. The van der Waals surface area contributed by atoms with Crippen LogP contribution in [0.5, 0.6) is 0 Å². The second-order valence-corrected chi connectivity index (χ2v) is 7.86. The van der Waals surface area contributed by atoms with Crippen LogP contribution in [0.15, 0.2) is 72.9 Å². The molecule has 2 aliphatic carbocycles. The van der Waals surface area contributed by atoms with Crippen molar-refractivity contribution < 1.29 is 4.39 Å². The van der Waals surface area contributed by atoms with E-state index in [1.165, 1.54) is 16.7 Å². The van der Waals surface area contributed by atoms with E-state index in [0.29, 0.717) is 0 Å². The first-order chi connectivity index (χ1) is 13.0. The Morgan fingerprint density at radius 3 is 2.63 bits per heavy atom. The van der Waals surface area contributed by atoms with Gasteiger partial charge in [-0.2, -0.15) is 0 Å². The molecule has 2 aliphatic rings. The van der Waals surface area contributed by atoms with Crippen LogP contribution >= 0.6 is 0 Å². The number of halogens is 1. The molecule has 0 bridgehead atoms. The number of fused-ring (bicyclic) bond motifs is 2. The molecule has 0 N–H and O–H groups in total. The Bertz CT molecular complexity index is 1030. The minimum Gasteiger partial charge on any atom is -0.207 e. The Morgan fingerprint density at radius 1 is 1.15 bits per heavy atom. The van der Waals surface area contributed by atoms with Crippen LogP contribution in [0.1, 0.15) is 61.4 Å².